The molecule has 0 saturated carbocycles. The van der Waals surface area contributed by atoms with Gasteiger partial charge in [0.15, 0.2) is 0 Å². The molecule has 1 aromatic carbocycles. The molecule has 5 nitrogen and oxygen atoms in total. The van der Waals surface area contributed by atoms with E-state index in [0.717, 1.165) is 22.3 Å². The molecular formula is C15H21N3O2. The Bertz CT molecular complexity index is 626. The molecule has 0 unspecified atom stereocenters. The number of aromatic nitrogens is 1. The van der Waals surface area contributed by atoms with E-state index >= 15 is 0 Å². The molecule has 0 saturated heterocycles. The minimum atomic E-state index is -0.909. The second kappa shape index (κ2) is 5.17. The first kappa shape index (κ1) is 14.4. The number of aryl methyl sites for hydroxylation is 1. The lowest BCUT2D eigenvalue weighted by Crippen LogP contribution is -2.41. The van der Waals surface area contributed by atoms with Crippen LogP contribution in [0.15, 0.2) is 24.3 Å². The van der Waals surface area contributed by atoms with Gasteiger partial charge in [0.2, 0.25) is 0 Å². The summed E-state index contributed by atoms with van der Waals surface area (Å²) in [7, 11) is 1.66. The summed E-state index contributed by atoms with van der Waals surface area (Å²) in [5.74, 6) is 0. The Hall–Kier alpha value is -2.01. The van der Waals surface area contributed by atoms with E-state index in [-0.39, 0.29) is 12.6 Å². The predicted molar refractivity (Wildman–Crippen MR) is 81.0 cm³/mol. The van der Waals surface area contributed by atoms with Crippen LogP contribution in [0.2, 0.25) is 0 Å². The van der Waals surface area contributed by atoms with Gasteiger partial charge >= 0.3 is 6.03 Å². The third kappa shape index (κ3) is 3.51. The third-order valence-corrected chi connectivity index (χ3v) is 2.98. The molecule has 2 amide bonds. The number of aromatic amines is 1. The maximum Gasteiger partial charge on any atom is 0.321 e. The fraction of sp³-hybridized carbons (Fsp3) is 0.400. The number of urea groups is 1. The standard InChI is InChI=1S/C15H21N3O2/c1-10-7-11-8-12(5-6-13(11)16-10)17-14(19)18(4)9-15(2,3)20/h5-8,16,20H,9H2,1-4H3,(H,17,19). The van der Waals surface area contributed by atoms with Crippen LogP contribution in [-0.2, 0) is 0 Å². The lowest BCUT2D eigenvalue weighted by Gasteiger charge is -2.25. The molecule has 0 bridgehead atoms. The Morgan fingerprint density at radius 1 is 1.40 bits per heavy atom. The number of benzene rings is 1. The first-order chi connectivity index (χ1) is 9.24. The Labute approximate surface area is 118 Å². The Morgan fingerprint density at radius 2 is 2.10 bits per heavy atom. The van der Waals surface area contributed by atoms with Gasteiger partial charge in [-0.05, 0) is 45.0 Å². The van der Waals surface area contributed by atoms with Gasteiger partial charge in [0.1, 0.15) is 0 Å². The summed E-state index contributed by atoms with van der Waals surface area (Å²) in [4.78, 5) is 16.7. The molecule has 1 aromatic heterocycles. The summed E-state index contributed by atoms with van der Waals surface area (Å²) in [6, 6.07) is 7.51. The first-order valence-electron chi connectivity index (χ1n) is 6.58. The van der Waals surface area contributed by atoms with Crippen molar-refractivity contribution in [3.05, 3.63) is 30.0 Å². The van der Waals surface area contributed by atoms with Crippen molar-refractivity contribution in [2.24, 2.45) is 0 Å². The minimum Gasteiger partial charge on any atom is -0.389 e. The highest BCUT2D eigenvalue weighted by atomic mass is 16.3. The number of H-pyrrole nitrogens is 1. The zero-order valence-electron chi connectivity index (χ0n) is 12.3. The SMILES string of the molecule is Cc1cc2cc(NC(=O)N(C)CC(C)(C)O)ccc2[nH]1. The topological polar surface area (TPSA) is 68.4 Å². The molecule has 0 radical (unpaired) electrons. The summed E-state index contributed by atoms with van der Waals surface area (Å²) in [6.45, 7) is 5.61. The quantitative estimate of drug-likeness (QED) is 0.806. The van der Waals surface area contributed by atoms with Crippen molar-refractivity contribution in [3.63, 3.8) is 0 Å². The molecule has 2 aromatic rings. The fourth-order valence-corrected chi connectivity index (χ4v) is 2.23. The van der Waals surface area contributed by atoms with E-state index in [1.807, 2.05) is 31.2 Å². The van der Waals surface area contributed by atoms with E-state index in [1.54, 1.807) is 20.9 Å². The lowest BCUT2D eigenvalue weighted by molar-refractivity contribution is 0.0550. The zero-order chi connectivity index (χ0) is 14.9. The Morgan fingerprint density at radius 3 is 2.75 bits per heavy atom. The van der Waals surface area contributed by atoms with Crippen molar-refractivity contribution in [1.82, 2.24) is 9.88 Å². The van der Waals surface area contributed by atoms with Gasteiger partial charge in [-0.2, -0.15) is 0 Å². The van der Waals surface area contributed by atoms with Crippen molar-refractivity contribution in [1.29, 1.82) is 0 Å². The summed E-state index contributed by atoms with van der Waals surface area (Å²) in [5, 5.41) is 13.6. The Balaban J connectivity index is 2.09. The van der Waals surface area contributed by atoms with Gasteiger partial charge in [-0.1, -0.05) is 0 Å². The molecule has 20 heavy (non-hydrogen) atoms. The third-order valence-electron chi connectivity index (χ3n) is 2.98. The number of fused-ring (bicyclic) bond motifs is 1. The average Bonchev–Trinajstić information content (AvgIpc) is 2.66. The van der Waals surface area contributed by atoms with E-state index in [4.69, 9.17) is 0 Å². The maximum atomic E-state index is 12.0. The van der Waals surface area contributed by atoms with Crippen molar-refractivity contribution in [3.8, 4) is 0 Å². The second-order valence-electron chi connectivity index (χ2n) is 5.85. The molecule has 0 aliphatic heterocycles. The van der Waals surface area contributed by atoms with Gasteiger partial charge in [-0.15, -0.1) is 0 Å². The number of anilines is 1. The van der Waals surface area contributed by atoms with E-state index in [9.17, 15) is 9.90 Å². The normalized spacial score (nSPS) is 11.7. The molecule has 0 spiro atoms. The molecule has 0 aliphatic carbocycles. The number of rotatable bonds is 3. The molecule has 5 heteroatoms. The highest BCUT2D eigenvalue weighted by Crippen LogP contribution is 2.20. The van der Waals surface area contributed by atoms with Crippen LogP contribution in [0.25, 0.3) is 10.9 Å². The summed E-state index contributed by atoms with van der Waals surface area (Å²) in [6.07, 6.45) is 0. The number of likely N-dealkylation sites (N-methyl/N-ethyl adjacent to an activating group) is 1. The monoisotopic (exact) mass is 275 g/mol. The number of hydrogen-bond acceptors (Lipinski definition) is 2. The fourth-order valence-electron chi connectivity index (χ4n) is 2.23. The number of hydrogen-bond donors (Lipinski definition) is 3. The van der Waals surface area contributed by atoms with Gasteiger partial charge in [-0.25, -0.2) is 4.79 Å². The molecule has 108 valence electrons. The van der Waals surface area contributed by atoms with Gasteiger partial charge < -0.3 is 20.3 Å². The van der Waals surface area contributed by atoms with Crippen LogP contribution < -0.4 is 5.32 Å². The summed E-state index contributed by atoms with van der Waals surface area (Å²) >= 11 is 0. The molecule has 0 fully saturated rings. The summed E-state index contributed by atoms with van der Waals surface area (Å²) in [5.41, 5.74) is 1.96. The molecule has 2 rings (SSSR count). The lowest BCUT2D eigenvalue weighted by atomic mass is 10.1. The zero-order valence-corrected chi connectivity index (χ0v) is 12.3. The number of aliphatic hydroxyl groups is 1. The van der Waals surface area contributed by atoms with E-state index in [2.05, 4.69) is 10.3 Å². The number of carbonyl (C=O) groups excluding carboxylic acids is 1. The summed E-state index contributed by atoms with van der Waals surface area (Å²) < 4.78 is 0. The van der Waals surface area contributed by atoms with Crippen molar-refractivity contribution in [2.45, 2.75) is 26.4 Å². The second-order valence-corrected chi connectivity index (χ2v) is 5.85. The largest absolute Gasteiger partial charge is 0.389 e. The van der Waals surface area contributed by atoms with Crippen molar-refractivity contribution < 1.29 is 9.90 Å². The molecular weight excluding hydrogens is 254 g/mol. The molecule has 0 aliphatic rings. The van der Waals surface area contributed by atoms with Crippen molar-refractivity contribution >= 4 is 22.6 Å². The predicted octanol–water partition coefficient (Wildman–Crippen LogP) is 2.71. The van der Waals surface area contributed by atoms with Crippen LogP contribution in [0.4, 0.5) is 10.5 Å². The van der Waals surface area contributed by atoms with Crippen LogP contribution in [0.3, 0.4) is 0 Å². The number of nitrogens with zero attached hydrogens (tertiary/aromatic N) is 1. The van der Waals surface area contributed by atoms with Gasteiger partial charge in [0.25, 0.3) is 0 Å². The van der Waals surface area contributed by atoms with Crippen LogP contribution in [-0.4, -0.2) is 40.2 Å². The number of nitrogens with one attached hydrogen (secondary N) is 2. The van der Waals surface area contributed by atoms with Crippen LogP contribution >= 0.6 is 0 Å². The van der Waals surface area contributed by atoms with Gasteiger partial charge in [-0.3, -0.25) is 0 Å². The molecule has 1 heterocycles. The average molecular weight is 275 g/mol. The Kier molecular flexibility index (Phi) is 3.72. The molecule has 0 atom stereocenters. The van der Waals surface area contributed by atoms with Gasteiger partial charge in [0.05, 0.1) is 12.1 Å². The van der Waals surface area contributed by atoms with E-state index in [1.165, 1.54) is 4.90 Å². The van der Waals surface area contributed by atoms with Crippen LogP contribution in [0, 0.1) is 6.92 Å². The number of amides is 2. The maximum absolute atomic E-state index is 12.0. The first-order valence-corrected chi connectivity index (χ1v) is 6.58. The number of carbonyl (C=O) groups is 1. The highest BCUT2D eigenvalue weighted by molar-refractivity contribution is 5.92. The van der Waals surface area contributed by atoms with Gasteiger partial charge in [0, 0.05) is 29.3 Å². The van der Waals surface area contributed by atoms with Crippen LogP contribution in [0.5, 0.6) is 0 Å². The smallest absolute Gasteiger partial charge is 0.321 e. The highest BCUT2D eigenvalue weighted by Gasteiger charge is 2.19. The van der Waals surface area contributed by atoms with Crippen molar-refractivity contribution in [2.75, 3.05) is 18.9 Å². The van der Waals surface area contributed by atoms with Crippen LogP contribution in [0.1, 0.15) is 19.5 Å². The minimum absolute atomic E-state index is 0.237. The van der Waals surface area contributed by atoms with E-state index in [0.29, 0.717) is 0 Å². The van der Waals surface area contributed by atoms with E-state index < -0.39 is 5.60 Å². The molecule has 3 N–H and O–H groups in total.